The number of fused-ring (bicyclic) bond motifs is 1. The summed E-state index contributed by atoms with van der Waals surface area (Å²) in [4.78, 5) is 22.3. The van der Waals surface area contributed by atoms with Crippen molar-refractivity contribution >= 4 is 27.5 Å². The fraction of sp³-hybridized carbons (Fsp3) is 0.517. The highest BCUT2D eigenvalue weighted by molar-refractivity contribution is 7.92. The van der Waals surface area contributed by atoms with E-state index in [4.69, 9.17) is 4.74 Å². The number of ether oxygens (including phenoxy) is 1. The van der Waals surface area contributed by atoms with Gasteiger partial charge in [0.1, 0.15) is 11.4 Å². The van der Waals surface area contributed by atoms with Gasteiger partial charge in [-0.25, -0.2) is 22.7 Å². The van der Waals surface area contributed by atoms with E-state index in [0.29, 0.717) is 36.6 Å². The number of hydrogen-bond donors (Lipinski definition) is 2. The number of benzene rings is 1. The third kappa shape index (κ3) is 5.84. The van der Waals surface area contributed by atoms with Crippen LogP contribution in [0.3, 0.4) is 0 Å². The quantitative estimate of drug-likeness (QED) is 0.360. The standard InChI is InChI=1S/C29H37N5O5S/c1-5-21-15-20(10-11-24(21)33-40(4,37)38)12-13-29(22-8-6-7-9-22)17-25(35)23(27(36)39-29)16-26-31-28-30-18(2)14-19(3)34(28)32-26/h10-11,14-15,22,33,35H,5-9,12-13,16-17H2,1-4H3. The molecule has 40 heavy (non-hydrogen) atoms. The SMILES string of the molecule is CCc1cc(CCC2(C3CCCC3)CC(O)=C(Cc3nc4nc(C)cc(C)n4n3)C(=O)O2)ccc1NS(C)(=O)=O. The number of anilines is 1. The fourth-order valence-corrected chi connectivity index (χ4v) is 6.78. The average molecular weight is 568 g/mol. The number of carbonyl (C=O) groups excluding carboxylic acids is 1. The lowest BCUT2D eigenvalue weighted by molar-refractivity contribution is -0.167. The Kier molecular flexibility index (Phi) is 7.60. The molecular weight excluding hydrogens is 530 g/mol. The first-order chi connectivity index (χ1) is 19.0. The molecule has 3 heterocycles. The second-order valence-electron chi connectivity index (χ2n) is 11.2. The van der Waals surface area contributed by atoms with E-state index in [1.807, 2.05) is 39.0 Å². The van der Waals surface area contributed by atoms with Gasteiger partial charge in [0.15, 0.2) is 5.82 Å². The number of aliphatic hydroxyl groups is 1. The van der Waals surface area contributed by atoms with E-state index >= 15 is 0 Å². The first-order valence-corrected chi connectivity index (χ1v) is 15.8. The number of rotatable bonds is 9. The van der Waals surface area contributed by atoms with Gasteiger partial charge < -0.3 is 9.84 Å². The number of aromatic nitrogens is 4. The van der Waals surface area contributed by atoms with Crippen molar-refractivity contribution in [2.75, 3.05) is 11.0 Å². The summed E-state index contributed by atoms with van der Waals surface area (Å²) in [5.74, 6) is 0.562. The van der Waals surface area contributed by atoms with Crippen LogP contribution >= 0.6 is 0 Å². The van der Waals surface area contributed by atoms with E-state index in [2.05, 4.69) is 19.8 Å². The van der Waals surface area contributed by atoms with Crippen LogP contribution in [0.4, 0.5) is 5.69 Å². The monoisotopic (exact) mass is 567 g/mol. The molecular formula is C29H37N5O5S. The van der Waals surface area contributed by atoms with Crippen molar-refractivity contribution in [3.05, 3.63) is 63.9 Å². The number of nitrogens with zero attached hydrogens (tertiary/aromatic N) is 4. The van der Waals surface area contributed by atoms with Crippen LogP contribution in [0.15, 0.2) is 35.6 Å². The maximum atomic E-state index is 13.4. The molecule has 10 nitrogen and oxygen atoms in total. The van der Waals surface area contributed by atoms with Gasteiger partial charge in [-0.15, -0.1) is 5.10 Å². The van der Waals surface area contributed by atoms with Gasteiger partial charge in [0, 0.05) is 24.2 Å². The maximum absolute atomic E-state index is 13.4. The zero-order valence-electron chi connectivity index (χ0n) is 23.5. The van der Waals surface area contributed by atoms with Crippen LogP contribution in [0.1, 0.15) is 73.8 Å². The van der Waals surface area contributed by atoms with Crippen molar-refractivity contribution in [2.24, 2.45) is 5.92 Å². The van der Waals surface area contributed by atoms with Crippen molar-refractivity contribution in [1.29, 1.82) is 0 Å². The van der Waals surface area contributed by atoms with Gasteiger partial charge in [-0.3, -0.25) is 4.72 Å². The van der Waals surface area contributed by atoms with Crippen molar-refractivity contribution in [2.45, 2.75) is 84.2 Å². The molecule has 1 saturated carbocycles. The summed E-state index contributed by atoms with van der Waals surface area (Å²) in [6, 6.07) is 7.62. The Hall–Kier alpha value is -3.47. The first-order valence-electron chi connectivity index (χ1n) is 13.9. The number of aryl methyl sites for hydroxylation is 4. The number of sulfonamides is 1. The second kappa shape index (κ2) is 10.8. The number of nitrogens with one attached hydrogen (secondary N) is 1. The molecule has 0 radical (unpaired) electrons. The molecule has 1 unspecified atom stereocenters. The van der Waals surface area contributed by atoms with Gasteiger partial charge in [0.2, 0.25) is 10.0 Å². The van der Waals surface area contributed by atoms with Crippen LogP contribution < -0.4 is 4.72 Å². The zero-order valence-corrected chi connectivity index (χ0v) is 24.3. The molecule has 0 saturated heterocycles. The van der Waals surface area contributed by atoms with Crippen LogP contribution in [-0.4, -0.2) is 50.9 Å². The van der Waals surface area contributed by atoms with Crippen molar-refractivity contribution in [3.63, 3.8) is 0 Å². The Morgan fingerprint density at radius 1 is 1.18 bits per heavy atom. The largest absolute Gasteiger partial charge is 0.512 e. The van der Waals surface area contributed by atoms with E-state index in [1.54, 1.807) is 10.6 Å². The smallest absolute Gasteiger partial charge is 0.338 e. The van der Waals surface area contributed by atoms with Gasteiger partial charge in [0.25, 0.3) is 5.78 Å². The summed E-state index contributed by atoms with van der Waals surface area (Å²) >= 11 is 0. The van der Waals surface area contributed by atoms with Crippen LogP contribution in [0, 0.1) is 19.8 Å². The molecule has 0 bridgehead atoms. The molecule has 214 valence electrons. The van der Waals surface area contributed by atoms with Gasteiger partial charge in [0.05, 0.1) is 17.5 Å². The van der Waals surface area contributed by atoms with Gasteiger partial charge in [-0.05, 0) is 75.1 Å². The van der Waals surface area contributed by atoms with E-state index in [1.165, 1.54) is 0 Å². The normalized spacial score (nSPS) is 20.4. The highest BCUT2D eigenvalue weighted by Crippen LogP contribution is 2.46. The molecule has 1 atom stereocenters. The summed E-state index contributed by atoms with van der Waals surface area (Å²) < 4.78 is 34.0. The number of esters is 1. The lowest BCUT2D eigenvalue weighted by Crippen LogP contribution is -2.46. The third-order valence-corrected chi connectivity index (χ3v) is 8.73. The molecule has 2 N–H and O–H groups in total. The van der Waals surface area contributed by atoms with E-state index < -0.39 is 21.6 Å². The van der Waals surface area contributed by atoms with Crippen LogP contribution in [0.2, 0.25) is 0 Å². The van der Waals surface area contributed by atoms with Crippen molar-refractivity contribution in [3.8, 4) is 0 Å². The lowest BCUT2D eigenvalue weighted by atomic mass is 9.76. The fourth-order valence-electron chi connectivity index (χ4n) is 6.18. The van der Waals surface area contributed by atoms with Crippen LogP contribution in [0.5, 0.6) is 0 Å². The van der Waals surface area contributed by atoms with Gasteiger partial charge in [-0.1, -0.05) is 31.9 Å². The molecule has 11 heteroatoms. The van der Waals surface area contributed by atoms with Crippen LogP contribution in [-0.2, 0) is 38.8 Å². The maximum Gasteiger partial charge on any atom is 0.338 e. The van der Waals surface area contributed by atoms with E-state index in [0.717, 1.165) is 54.5 Å². The molecule has 0 spiro atoms. The minimum absolute atomic E-state index is 0.0461. The molecule has 1 aromatic carbocycles. The predicted molar refractivity (Wildman–Crippen MR) is 152 cm³/mol. The summed E-state index contributed by atoms with van der Waals surface area (Å²) in [5, 5.41) is 15.7. The molecule has 1 aliphatic carbocycles. The summed E-state index contributed by atoms with van der Waals surface area (Å²) in [6.45, 7) is 5.79. The topological polar surface area (TPSA) is 136 Å². The summed E-state index contributed by atoms with van der Waals surface area (Å²) in [7, 11) is -3.38. The molecule has 1 fully saturated rings. The Labute approximate surface area is 234 Å². The average Bonchev–Trinajstić information content (AvgIpc) is 3.55. The molecule has 5 rings (SSSR count). The summed E-state index contributed by atoms with van der Waals surface area (Å²) in [6.07, 6.45) is 7.40. The number of cyclic esters (lactones) is 1. The van der Waals surface area contributed by atoms with Crippen LogP contribution in [0.25, 0.3) is 5.78 Å². The Balaban J connectivity index is 1.39. The molecule has 3 aromatic rings. The predicted octanol–water partition coefficient (Wildman–Crippen LogP) is 4.54. The third-order valence-electron chi connectivity index (χ3n) is 8.14. The molecule has 2 aliphatic rings. The lowest BCUT2D eigenvalue weighted by Gasteiger charge is -2.41. The number of aliphatic hydroxyl groups excluding tert-OH is 1. The minimum Gasteiger partial charge on any atom is -0.512 e. The van der Waals surface area contributed by atoms with Gasteiger partial charge in [-0.2, -0.15) is 4.98 Å². The highest BCUT2D eigenvalue weighted by atomic mass is 32.2. The number of hydrogen-bond acceptors (Lipinski definition) is 8. The second-order valence-corrected chi connectivity index (χ2v) is 13.0. The van der Waals surface area contributed by atoms with Crippen molar-refractivity contribution < 1.29 is 23.1 Å². The molecule has 0 amide bonds. The highest BCUT2D eigenvalue weighted by Gasteiger charge is 2.48. The number of carbonyl (C=O) groups is 1. The Morgan fingerprint density at radius 2 is 1.93 bits per heavy atom. The van der Waals surface area contributed by atoms with E-state index in [9.17, 15) is 18.3 Å². The molecule has 2 aromatic heterocycles. The van der Waals surface area contributed by atoms with E-state index in [-0.39, 0.29) is 30.1 Å². The zero-order chi connectivity index (χ0) is 28.7. The van der Waals surface area contributed by atoms with Crippen molar-refractivity contribution in [1.82, 2.24) is 19.6 Å². The summed E-state index contributed by atoms with van der Waals surface area (Å²) in [5.41, 5.74) is 3.64. The van der Waals surface area contributed by atoms with Gasteiger partial charge >= 0.3 is 5.97 Å². The molecule has 1 aliphatic heterocycles. The Bertz CT molecular complexity index is 1590. The first kappa shape index (κ1) is 28.1. The minimum atomic E-state index is -3.38. The Morgan fingerprint density at radius 3 is 2.60 bits per heavy atom.